The molecule has 2 N–H and O–H groups in total. The van der Waals surface area contributed by atoms with Crippen molar-refractivity contribution in [2.24, 2.45) is 5.92 Å². The number of rotatable bonds is 6. The number of hydrogen-bond acceptors (Lipinski definition) is 2. The third-order valence-electron chi connectivity index (χ3n) is 3.40. The van der Waals surface area contributed by atoms with E-state index in [1.54, 1.807) is 6.07 Å². The quantitative estimate of drug-likeness (QED) is 0.832. The normalized spacial score (nSPS) is 18.7. The van der Waals surface area contributed by atoms with Crippen LogP contribution in [0.5, 0.6) is 0 Å². The van der Waals surface area contributed by atoms with Gasteiger partial charge in [-0.25, -0.2) is 4.39 Å². The Hall–Kier alpha value is -0.640. The number of aliphatic hydroxyl groups is 1. The molecule has 2 atom stereocenters. The zero-order chi connectivity index (χ0) is 13.1. The fraction of sp³-hybridized carbons (Fsp3) is 0.571. The Bertz CT molecular complexity index is 409. The highest BCUT2D eigenvalue weighted by Crippen LogP contribution is 2.33. The summed E-state index contributed by atoms with van der Waals surface area (Å²) in [7, 11) is 0. The Morgan fingerprint density at radius 3 is 2.78 bits per heavy atom. The van der Waals surface area contributed by atoms with Crippen LogP contribution in [0.15, 0.2) is 18.2 Å². The maximum atomic E-state index is 13.4. The van der Waals surface area contributed by atoms with Crippen LogP contribution in [0.25, 0.3) is 0 Å². The van der Waals surface area contributed by atoms with E-state index in [0.717, 1.165) is 17.9 Å². The van der Waals surface area contributed by atoms with Gasteiger partial charge in [-0.2, -0.15) is 0 Å². The van der Waals surface area contributed by atoms with Gasteiger partial charge in [0.2, 0.25) is 0 Å². The first kappa shape index (κ1) is 13.8. The highest BCUT2D eigenvalue weighted by Gasteiger charge is 2.25. The van der Waals surface area contributed by atoms with Gasteiger partial charge in [0.15, 0.2) is 0 Å². The molecule has 0 radical (unpaired) electrons. The lowest BCUT2D eigenvalue weighted by Gasteiger charge is -2.22. The van der Waals surface area contributed by atoms with Crippen molar-refractivity contribution in [2.45, 2.75) is 38.3 Å². The molecular formula is C14H19ClFNO. The summed E-state index contributed by atoms with van der Waals surface area (Å²) in [4.78, 5) is 0. The van der Waals surface area contributed by atoms with Crippen LogP contribution in [0.3, 0.4) is 0 Å². The summed E-state index contributed by atoms with van der Waals surface area (Å²) in [6.45, 7) is 2.06. The van der Waals surface area contributed by atoms with Gasteiger partial charge in [0, 0.05) is 6.04 Å². The predicted molar refractivity (Wildman–Crippen MR) is 71.2 cm³/mol. The zero-order valence-corrected chi connectivity index (χ0v) is 11.3. The van der Waals surface area contributed by atoms with Crippen LogP contribution in [-0.4, -0.2) is 17.8 Å². The van der Waals surface area contributed by atoms with Crippen LogP contribution in [-0.2, 0) is 0 Å². The lowest BCUT2D eigenvalue weighted by Crippen LogP contribution is -2.33. The monoisotopic (exact) mass is 271 g/mol. The predicted octanol–water partition coefficient (Wildman–Crippen LogP) is 3.29. The van der Waals surface area contributed by atoms with Crippen molar-refractivity contribution in [1.82, 2.24) is 5.32 Å². The van der Waals surface area contributed by atoms with Crippen LogP contribution in [0.2, 0.25) is 5.02 Å². The van der Waals surface area contributed by atoms with Crippen molar-refractivity contribution < 1.29 is 9.50 Å². The van der Waals surface area contributed by atoms with Gasteiger partial charge in [0.1, 0.15) is 5.82 Å². The molecule has 2 unspecified atom stereocenters. The Morgan fingerprint density at radius 2 is 2.22 bits per heavy atom. The molecule has 2 rings (SSSR count). The molecular weight excluding hydrogens is 253 g/mol. The molecule has 1 fully saturated rings. The topological polar surface area (TPSA) is 32.3 Å². The number of halogens is 2. The van der Waals surface area contributed by atoms with Gasteiger partial charge in [0.25, 0.3) is 0 Å². The van der Waals surface area contributed by atoms with Crippen molar-refractivity contribution in [2.75, 3.05) is 6.61 Å². The lowest BCUT2D eigenvalue weighted by molar-refractivity contribution is 0.231. The van der Waals surface area contributed by atoms with Crippen LogP contribution < -0.4 is 5.32 Å². The molecule has 0 saturated heterocycles. The third-order valence-corrected chi connectivity index (χ3v) is 3.70. The summed E-state index contributed by atoms with van der Waals surface area (Å²) in [6, 6.07) is 4.77. The van der Waals surface area contributed by atoms with E-state index in [9.17, 15) is 9.50 Å². The molecule has 0 aromatic heterocycles. The molecule has 100 valence electrons. The molecule has 1 aliphatic rings. The Balaban J connectivity index is 1.99. The van der Waals surface area contributed by atoms with E-state index in [1.165, 1.54) is 25.0 Å². The minimum absolute atomic E-state index is 0.0456. The maximum absolute atomic E-state index is 13.4. The average molecular weight is 272 g/mol. The van der Waals surface area contributed by atoms with Gasteiger partial charge in [-0.05, 0) is 37.0 Å². The zero-order valence-electron chi connectivity index (χ0n) is 10.5. The van der Waals surface area contributed by atoms with E-state index in [0.29, 0.717) is 6.04 Å². The minimum Gasteiger partial charge on any atom is -0.394 e. The Labute approximate surface area is 112 Å². The number of hydrogen-bond donors (Lipinski definition) is 2. The molecule has 1 aliphatic carbocycles. The first-order chi connectivity index (χ1) is 8.60. The molecule has 1 aromatic rings. The molecule has 0 amide bonds. The Morgan fingerprint density at radius 1 is 1.50 bits per heavy atom. The smallest absolute Gasteiger partial charge is 0.142 e. The summed E-state index contributed by atoms with van der Waals surface area (Å²) in [5.41, 5.74) is 0.738. The molecule has 0 bridgehead atoms. The fourth-order valence-electron chi connectivity index (χ4n) is 2.25. The molecule has 2 nitrogen and oxygen atoms in total. The Kier molecular flexibility index (Phi) is 4.60. The largest absolute Gasteiger partial charge is 0.394 e. The van der Waals surface area contributed by atoms with E-state index >= 15 is 0 Å². The van der Waals surface area contributed by atoms with Gasteiger partial charge in [-0.1, -0.05) is 30.5 Å². The van der Waals surface area contributed by atoms with Crippen molar-refractivity contribution in [3.63, 3.8) is 0 Å². The molecule has 1 aromatic carbocycles. The van der Waals surface area contributed by atoms with Gasteiger partial charge in [0.05, 0.1) is 17.7 Å². The van der Waals surface area contributed by atoms with Gasteiger partial charge >= 0.3 is 0 Å². The van der Waals surface area contributed by atoms with Crippen molar-refractivity contribution in [3.05, 3.63) is 34.6 Å². The fourth-order valence-corrected chi connectivity index (χ4v) is 2.37. The van der Waals surface area contributed by atoms with E-state index in [4.69, 9.17) is 11.6 Å². The van der Waals surface area contributed by atoms with Gasteiger partial charge in [-0.3, -0.25) is 0 Å². The summed E-state index contributed by atoms with van der Waals surface area (Å²) in [6.07, 6.45) is 3.74. The summed E-state index contributed by atoms with van der Waals surface area (Å²) in [5, 5.41) is 12.9. The van der Waals surface area contributed by atoms with Crippen LogP contribution in [0.1, 0.15) is 37.8 Å². The second kappa shape index (κ2) is 6.00. The second-order valence-electron chi connectivity index (χ2n) is 5.16. The van der Waals surface area contributed by atoms with E-state index in [2.05, 4.69) is 12.2 Å². The first-order valence-electron chi connectivity index (χ1n) is 6.42. The van der Waals surface area contributed by atoms with E-state index < -0.39 is 5.82 Å². The molecule has 1 saturated carbocycles. The summed E-state index contributed by atoms with van der Waals surface area (Å²) in [5.74, 6) is 0.387. The van der Waals surface area contributed by atoms with Crippen molar-refractivity contribution in [3.8, 4) is 0 Å². The van der Waals surface area contributed by atoms with Gasteiger partial charge < -0.3 is 10.4 Å². The standard InChI is InChI=1S/C14H19ClFNO/c1-9(6-10-2-3-10)17-14(8-18)11-4-5-12(15)13(16)7-11/h4-5,7,9-10,14,17-18H,2-3,6,8H2,1H3. The summed E-state index contributed by atoms with van der Waals surface area (Å²) < 4.78 is 13.4. The van der Waals surface area contributed by atoms with Crippen LogP contribution in [0.4, 0.5) is 4.39 Å². The maximum Gasteiger partial charge on any atom is 0.142 e. The molecule has 18 heavy (non-hydrogen) atoms. The third kappa shape index (κ3) is 3.67. The minimum atomic E-state index is -0.440. The average Bonchev–Trinajstić information content (AvgIpc) is 3.13. The van der Waals surface area contributed by atoms with Crippen molar-refractivity contribution >= 4 is 11.6 Å². The highest BCUT2D eigenvalue weighted by molar-refractivity contribution is 6.30. The molecule has 4 heteroatoms. The van der Waals surface area contributed by atoms with Gasteiger partial charge in [-0.15, -0.1) is 0 Å². The van der Waals surface area contributed by atoms with Crippen LogP contribution in [0, 0.1) is 11.7 Å². The van der Waals surface area contributed by atoms with E-state index in [1.807, 2.05) is 0 Å². The molecule has 0 spiro atoms. The molecule has 0 heterocycles. The van der Waals surface area contributed by atoms with Crippen LogP contribution >= 0.6 is 11.6 Å². The van der Waals surface area contributed by atoms with E-state index in [-0.39, 0.29) is 17.7 Å². The SMILES string of the molecule is CC(CC1CC1)NC(CO)c1ccc(Cl)c(F)c1. The second-order valence-corrected chi connectivity index (χ2v) is 5.56. The molecule has 0 aliphatic heterocycles. The highest BCUT2D eigenvalue weighted by atomic mass is 35.5. The first-order valence-corrected chi connectivity index (χ1v) is 6.79. The number of aliphatic hydroxyl groups excluding tert-OH is 1. The number of benzene rings is 1. The van der Waals surface area contributed by atoms with Crippen molar-refractivity contribution in [1.29, 1.82) is 0 Å². The summed E-state index contributed by atoms with van der Waals surface area (Å²) >= 11 is 5.65. The lowest BCUT2D eigenvalue weighted by atomic mass is 10.0. The number of nitrogens with one attached hydrogen (secondary N) is 1.